The molecule has 112 valence electrons. The zero-order chi connectivity index (χ0) is 15.6. The lowest BCUT2D eigenvalue weighted by Crippen LogP contribution is -2.23. The van der Waals surface area contributed by atoms with Gasteiger partial charge in [0.25, 0.3) is 0 Å². The lowest BCUT2D eigenvalue weighted by atomic mass is 10.2. The fourth-order valence-corrected chi connectivity index (χ4v) is 3.11. The molecule has 0 aliphatic carbocycles. The van der Waals surface area contributed by atoms with E-state index in [1.807, 2.05) is 0 Å². The van der Waals surface area contributed by atoms with Crippen LogP contribution in [0.25, 0.3) is 0 Å². The number of rotatable bonds is 4. The van der Waals surface area contributed by atoms with Crippen LogP contribution in [0.1, 0.15) is 6.92 Å². The number of hydrogen-bond donors (Lipinski definition) is 2. The van der Waals surface area contributed by atoms with E-state index in [-0.39, 0.29) is 5.13 Å². The molecule has 1 aromatic carbocycles. The number of nitrogen functional groups attached to an aromatic ring is 1. The number of aromatic nitrogens is 2. The summed E-state index contributed by atoms with van der Waals surface area (Å²) in [6.45, 7) is 1.55. The first-order chi connectivity index (χ1) is 9.88. The highest BCUT2D eigenvalue weighted by Crippen LogP contribution is 2.28. The lowest BCUT2D eigenvalue weighted by Gasteiger charge is -2.11. The Morgan fingerprint density at radius 2 is 2.05 bits per heavy atom. The third kappa shape index (κ3) is 3.64. The van der Waals surface area contributed by atoms with Gasteiger partial charge in [-0.25, -0.2) is 13.2 Å². The van der Waals surface area contributed by atoms with E-state index in [2.05, 4.69) is 15.5 Å². The number of carbonyl (C=O) groups is 1. The number of carbonyl (C=O) groups excluding carboxylic acids is 1. The Morgan fingerprint density at radius 1 is 1.33 bits per heavy atom. The van der Waals surface area contributed by atoms with E-state index >= 15 is 0 Å². The van der Waals surface area contributed by atoms with Gasteiger partial charge < -0.3 is 11.1 Å². The maximum Gasteiger partial charge on any atom is 0.237 e. The Morgan fingerprint density at radius 3 is 2.67 bits per heavy atom. The summed E-state index contributed by atoms with van der Waals surface area (Å²) in [6, 6.07) is 1.68. The molecule has 2 aromatic rings. The number of amides is 1. The summed E-state index contributed by atoms with van der Waals surface area (Å²) in [7, 11) is 0. The van der Waals surface area contributed by atoms with Crippen molar-refractivity contribution < 1.29 is 18.0 Å². The molecule has 21 heavy (non-hydrogen) atoms. The Hall–Kier alpha value is -1.81. The quantitative estimate of drug-likeness (QED) is 0.664. The molecule has 1 aromatic heterocycles. The lowest BCUT2D eigenvalue weighted by molar-refractivity contribution is -0.115. The fourth-order valence-electron chi connectivity index (χ4n) is 1.33. The van der Waals surface area contributed by atoms with E-state index in [0.717, 1.165) is 35.2 Å². The first-order valence-electron chi connectivity index (χ1n) is 5.58. The summed E-state index contributed by atoms with van der Waals surface area (Å²) < 4.78 is 39.8. The molecule has 1 amide bonds. The van der Waals surface area contributed by atoms with Crippen molar-refractivity contribution in [3.8, 4) is 0 Å². The van der Waals surface area contributed by atoms with E-state index in [0.29, 0.717) is 4.34 Å². The monoisotopic (exact) mass is 334 g/mol. The van der Waals surface area contributed by atoms with Crippen molar-refractivity contribution in [1.82, 2.24) is 10.2 Å². The third-order valence-electron chi connectivity index (χ3n) is 2.36. The number of anilines is 2. The van der Waals surface area contributed by atoms with Crippen LogP contribution in [0.2, 0.25) is 0 Å². The van der Waals surface area contributed by atoms with Crippen molar-refractivity contribution in [2.75, 3.05) is 11.1 Å². The van der Waals surface area contributed by atoms with Gasteiger partial charge in [-0.2, -0.15) is 0 Å². The Bertz CT molecular complexity index is 679. The molecule has 0 aliphatic rings. The molecule has 0 fully saturated rings. The highest BCUT2D eigenvalue weighted by Gasteiger charge is 2.20. The Labute approximate surface area is 125 Å². The number of nitrogens with zero attached hydrogens (tertiary/aromatic N) is 2. The second-order valence-corrected chi connectivity index (χ2v) is 6.48. The average molecular weight is 334 g/mol. The minimum atomic E-state index is -1.63. The third-order valence-corrected chi connectivity index (χ3v) is 4.30. The highest BCUT2D eigenvalue weighted by molar-refractivity contribution is 8.02. The fraction of sp³-hybridized carbons (Fsp3) is 0.182. The van der Waals surface area contributed by atoms with Gasteiger partial charge in [-0.15, -0.1) is 10.2 Å². The second kappa shape index (κ2) is 6.31. The summed E-state index contributed by atoms with van der Waals surface area (Å²) in [5, 5.41) is 9.12. The molecule has 10 heteroatoms. The standard InChI is InChI=1S/C11H9F3N4OS2/c1-4(20-11-18-17-10(15)21-11)9(19)16-6-3-2-5(12)7(13)8(6)14/h2-4H,1H3,(H2,15,17)(H,16,19)/t4-/m1/s1. The smallest absolute Gasteiger partial charge is 0.237 e. The molecular formula is C11H9F3N4OS2. The van der Waals surface area contributed by atoms with Gasteiger partial charge >= 0.3 is 0 Å². The maximum atomic E-state index is 13.4. The van der Waals surface area contributed by atoms with Crippen molar-refractivity contribution in [2.45, 2.75) is 16.5 Å². The van der Waals surface area contributed by atoms with Crippen LogP contribution in [-0.2, 0) is 4.79 Å². The van der Waals surface area contributed by atoms with Crippen LogP contribution >= 0.6 is 23.1 Å². The van der Waals surface area contributed by atoms with Crippen molar-refractivity contribution in [1.29, 1.82) is 0 Å². The van der Waals surface area contributed by atoms with Crippen LogP contribution in [0, 0.1) is 17.5 Å². The summed E-state index contributed by atoms with van der Waals surface area (Å²) in [4.78, 5) is 11.9. The van der Waals surface area contributed by atoms with Crippen molar-refractivity contribution in [2.24, 2.45) is 0 Å². The first kappa shape index (κ1) is 15.6. The van der Waals surface area contributed by atoms with Gasteiger partial charge in [-0.1, -0.05) is 23.1 Å². The molecule has 1 atom stereocenters. The van der Waals surface area contributed by atoms with E-state index in [1.54, 1.807) is 6.92 Å². The van der Waals surface area contributed by atoms with Crippen molar-refractivity contribution >= 4 is 39.8 Å². The molecule has 0 saturated carbocycles. The number of thioether (sulfide) groups is 1. The van der Waals surface area contributed by atoms with Gasteiger partial charge in [-0.3, -0.25) is 4.79 Å². The summed E-state index contributed by atoms with van der Waals surface area (Å²) in [5.74, 6) is -4.98. The molecule has 0 unspecified atom stereocenters. The van der Waals surface area contributed by atoms with Gasteiger partial charge in [0.1, 0.15) is 0 Å². The summed E-state index contributed by atoms with van der Waals surface area (Å²) in [5.41, 5.74) is 4.98. The molecule has 5 nitrogen and oxygen atoms in total. The highest BCUT2D eigenvalue weighted by atomic mass is 32.2. The zero-order valence-corrected chi connectivity index (χ0v) is 12.2. The number of hydrogen-bond acceptors (Lipinski definition) is 6. The van der Waals surface area contributed by atoms with Crippen LogP contribution in [-0.4, -0.2) is 21.4 Å². The van der Waals surface area contributed by atoms with Crippen LogP contribution in [0.5, 0.6) is 0 Å². The zero-order valence-electron chi connectivity index (χ0n) is 10.6. The SMILES string of the molecule is C[C@@H](Sc1nnc(N)s1)C(=O)Nc1ccc(F)c(F)c1F. The second-order valence-electron chi connectivity index (χ2n) is 3.88. The largest absolute Gasteiger partial charge is 0.374 e. The molecule has 1 heterocycles. The van der Waals surface area contributed by atoms with Crippen LogP contribution in [0.4, 0.5) is 24.0 Å². The Kier molecular flexibility index (Phi) is 4.68. The van der Waals surface area contributed by atoms with Gasteiger partial charge in [0.05, 0.1) is 10.9 Å². The van der Waals surface area contributed by atoms with E-state index < -0.39 is 34.3 Å². The van der Waals surface area contributed by atoms with Crippen molar-refractivity contribution in [3.05, 3.63) is 29.6 Å². The van der Waals surface area contributed by atoms with Crippen molar-refractivity contribution in [3.63, 3.8) is 0 Å². The molecule has 0 radical (unpaired) electrons. The van der Waals surface area contributed by atoms with E-state index in [1.165, 1.54) is 0 Å². The first-order valence-corrected chi connectivity index (χ1v) is 7.28. The number of nitrogens with two attached hydrogens (primary N) is 1. The normalized spacial score (nSPS) is 12.2. The minimum Gasteiger partial charge on any atom is -0.374 e. The summed E-state index contributed by atoms with van der Waals surface area (Å²) in [6.07, 6.45) is 0. The minimum absolute atomic E-state index is 0.261. The molecular weight excluding hydrogens is 325 g/mol. The van der Waals surface area contributed by atoms with Gasteiger partial charge in [0.15, 0.2) is 21.8 Å². The predicted molar refractivity (Wildman–Crippen MR) is 74.6 cm³/mol. The van der Waals surface area contributed by atoms with Crippen LogP contribution < -0.4 is 11.1 Å². The molecule has 2 rings (SSSR count). The maximum absolute atomic E-state index is 13.4. The Balaban J connectivity index is 2.05. The molecule has 0 bridgehead atoms. The topological polar surface area (TPSA) is 80.9 Å². The van der Waals surface area contributed by atoms with Crippen LogP contribution in [0.15, 0.2) is 16.5 Å². The van der Waals surface area contributed by atoms with Crippen LogP contribution in [0.3, 0.4) is 0 Å². The van der Waals surface area contributed by atoms with E-state index in [4.69, 9.17) is 5.73 Å². The molecule has 0 spiro atoms. The predicted octanol–water partition coefficient (Wildman–Crippen LogP) is 2.66. The van der Waals surface area contributed by atoms with E-state index in [9.17, 15) is 18.0 Å². The van der Waals surface area contributed by atoms with Gasteiger partial charge in [0.2, 0.25) is 11.0 Å². The number of halogens is 3. The average Bonchev–Trinajstić information content (AvgIpc) is 2.84. The molecule has 0 saturated heterocycles. The molecule has 3 N–H and O–H groups in total. The molecule has 0 aliphatic heterocycles. The number of nitrogens with one attached hydrogen (secondary N) is 1. The van der Waals surface area contributed by atoms with Gasteiger partial charge in [0, 0.05) is 0 Å². The van der Waals surface area contributed by atoms with Gasteiger partial charge in [-0.05, 0) is 19.1 Å². The summed E-state index contributed by atoms with van der Waals surface area (Å²) >= 11 is 2.17. The number of benzene rings is 1.